The number of nitrogens with zero attached hydrogens (tertiary/aromatic N) is 3. The molecule has 0 unspecified atom stereocenters. The Balaban J connectivity index is 1.97. The first-order valence-corrected chi connectivity index (χ1v) is 11.9. The molecule has 38 heavy (non-hydrogen) atoms. The lowest BCUT2D eigenvalue weighted by Crippen LogP contribution is -2.44. The van der Waals surface area contributed by atoms with Gasteiger partial charge in [0.05, 0.1) is 18.5 Å². The monoisotopic (exact) mass is 531 g/mol. The molecule has 0 saturated heterocycles. The zero-order valence-electron chi connectivity index (χ0n) is 21.4. The van der Waals surface area contributed by atoms with Gasteiger partial charge in [0.2, 0.25) is 0 Å². The maximum atomic E-state index is 13.7. The standard InChI is InChI=1S/C26H28F3N5O4/c1-14-9-15(2)23(16(3)10-14)32-22-13-19-18-12-21(38-26(27,28)29)20(37-4)11-17(18)5-7-33(19)25(36)34(22)8-6-31-24(30)35/h9-13H,5-8H2,1-4H3,(H3,30,31,35). The molecule has 3 aromatic rings. The summed E-state index contributed by atoms with van der Waals surface area (Å²) in [6, 6.07) is 7.60. The number of primary amides is 1. The third kappa shape index (κ3) is 5.53. The van der Waals surface area contributed by atoms with E-state index in [1.807, 2.05) is 32.9 Å². The molecule has 3 N–H and O–H groups in total. The predicted molar refractivity (Wildman–Crippen MR) is 135 cm³/mol. The summed E-state index contributed by atoms with van der Waals surface area (Å²) < 4.78 is 51.5. The van der Waals surface area contributed by atoms with Crippen LogP contribution in [0.15, 0.2) is 40.1 Å². The first kappa shape index (κ1) is 26.8. The number of amides is 2. The summed E-state index contributed by atoms with van der Waals surface area (Å²) in [4.78, 5) is 29.7. The van der Waals surface area contributed by atoms with E-state index in [-0.39, 0.29) is 30.9 Å². The van der Waals surface area contributed by atoms with E-state index in [0.717, 1.165) is 16.7 Å². The molecule has 1 aliphatic heterocycles. The fourth-order valence-electron chi connectivity index (χ4n) is 4.76. The van der Waals surface area contributed by atoms with Crippen molar-refractivity contribution >= 4 is 11.7 Å². The Bertz CT molecular complexity index is 1520. The van der Waals surface area contributed by atoms with Crippen LogP contribution in [0.4, 0.5) is 23.7 Å². The van der Waals surface area contributed by atoms with Gasteiger partial charge in [-0.25, -0.2) is 14.6 Å². The molecular formula is C26H28F3N5O4. The number of hydrogen-bond acceptors (Lipinski definition) is 5. The van der Waals surface area contributed by atoms with Crippen LogP contribution in [0, 0.1) is 20.8 Å². The lowest BCUT2D eigenvalue weighted by molar-refractivity contribution is -0.275. The van der Waals surface area contributed by atoms with Crippen LogP contribution in [-0.4, -0.2) is 35.2 Å². The van der Waals surface area contributed by atoms with Gasteiger partial charge in [-0.15, -0.1) is 13.2 Å². The first-order chi connectivity index (χ1) is 17.9. The molecule has 2 aromatic carbocycles. The molecule has 202 valence electrons. The fourth-order valence-corrected chi connectivity index (χ4v) is 4.76. The van der Waals surface area contributed by atoms with E-state index >= 15 is 0 Å². The van der Waals surface area contributed by atoms with Crippen LogP contribution >= 0.6 is 0 Å². The number of halogens is 3. The Morgan fingerprint density at radius 3 is 2.39 bits per heavy atom. The van der Waals surface area contributed by atoms with Crippen LogP contribution in [0.3, 0.4) is 0 Å². The number of ether oxygens (including phenoxy) is 2. The zero-order valence-corrected chi connectivity index (χ0v) is 21.4. The molecule has 1 aliphatic rings. The van der Waals surface area contributed by atoms with Crippen molar-refractivity contribution < 1.29 is 27.4 Å². The van der Waals surface area contributed by atoms with Crippen LogP contribution in [0.1, 0.15) is 22.3 Å². The number of nitrogens with one attached hydrogen (secondary N) is 1. The highest BCUT2D eigenvalue weighted by molar-refractivity contribution is 5.71. The van der Waals surface area contributed by atoms with Gasteiger partial charge in [-0.2, -0.15) is 0 Å². The van der Waals surface area contributed by atoms with E-state index in [1.165, 1.54) is 28.4 Å². The molecule has 4 rings (SSSR count). The van der Waals surface area contributed by atoms with Crippen molar-refractivity contribution in [3.63, 3.8) is 0 Å². The van der Waals surface area contributed by atoms with Gasteiger partial charge in [-0.05, 0) is 56.0 Å². The predicted octanol–water partition coefficient (Wildman–Crippen LogP) is 3.61. The number of benzene rings is 2. The average molecular weight is 532 g/mol. The van der Waals surface area contributed by atoms with Crippen LogP contribution in [0.25, 0.3) is 11.3 Å². The minimum Gasteiger partial charge on any atom is -0.493 e. The second-order valence-corrected chi connectivity index (χ2v) is 9.08. The number of alkyl halides is 3. The van der Waals surface area contributed by atoms with E-state index in [1.54, 1.807) is 6.07 Å². The topological polar surface area (TPSA) is 113 Å². The number of carbonyl (C=O) groups excluding carboxylic acids is 1. The van der Waals surface area contributed by atoms with Crippen molar-refractivity contribution in [1.82, 2.24) is 14.5 Å². The lowest BCUT2D eigenvalue weighted by Gasteiger charge is -2.25. The van der Waals surface area contributed by atoms with Gasteiger partial charge < -0.3 is 20.5 Å². The Labute approximate surface area is 216 Å². The van der Waals surface area contributed by atoms with Gasteiger partial charge in [0.15, 0.2) is 11.5 Å². The highest BCUT2D eigenvalue weighted by Gasteiger charge is 2.33. The second-order valence-electron chi connectivity index (χ2n) is 9.08. The van der Waals surface area contributed by atoms with Gasteiger partial charge in [0, 0.05) is 31.3 Å². The van der Waals surface area contributed by atoms with Gasteiger partial charge in [0.25, 0.3) is 0 Å². The normalized spacial score (nSPS) is 13.1. The second kappa shape index (κ2) is 10.3. The highest BCUT2D eigenvalue weighted by atomic mass is 19.4. The minimum atomic E-state index is -4.93. The van der Waals surface area contributed by atoms with E-state index in [4.69, 9.17) is 15.5 Å². The maximum absolute atomic E-state index is 13.7. The number of aromatic nitrogens is 2. The van der Waals surface area contributed by atoms with E-state index in [2.05, 4.69) is 10.1 Å². The molecule has 9 nitrogen and oxygen atoms in total. The number of fused-ring (bicyclic) bond motifs is 3. The molecule has 0 spiro atoms. The Morgan fingerprint density at radius 2 is 1.79 bits per heavy atom. The van der Waals surface area contributed by atoms with Crippen LogP contribution in [-0.2, 0) is 19.5 Å². The van der Waals surface area contributed by atoms with Crippen molar-refractivity contribution in [2.45, 2.75) is 46.6 Å². The van der Waals surface area contributed by atoms with E-state index in [0.29, 0.717) is 28.9 Å². The molecule has 2 heterocycles. The molecule has 0 aliphatic carbocycles. The summed E-state index contributed by atoms with van der Waals surface area (Å²) in [5.74, 6) is -0.568. The summed E-state index contributed by atoms with van der Waals surface area (Å²) in [6.45, 7) is 6.24. The molecule has 0 bridgehead atoms. The summed E-state index contributed by atoms with van der Waals surface area (Å²) in [5.41, 5.74) is 10.1. The summed E-state index contributed by atoms with van der Waals surface area (Å²) in [6.07, 6.45) is -4.54. The number of carbonyl (C=O) groups is 1. The fraction of sp³-hybridized carbons (Fsp3) is 0.346. The number of aryl methyl sites for hydroxylation is 4. The summed E-state index contributed by atoms with van der Waals surface area (Å²) in [7, 11) is 1.26. The molecule has 0 fully saturated rings. The number of methoxy groups -OCH3 is 1. The smallest absolute Gasteiger partial charge is 0.493 e. The number of hydrogen-bond donors (Lipinski definition) is 2. The van der Waals surface area contributed by atoms with Crippen LogP contribution in [0.2, 0.25) is 0 Å². The van der Waals surface area contributed by atoms with Crippen LogP contribution in [0.5, 0.6) is 11.5 Å². The van der Waals surface area contributed by atoms with Crippen LogP contribution < -0.4 is 31.7 Å². The highest BCUT2D eigenvalue weighted by Crippen LogP contribution is 2.40. The van der Waals surface area contributed by atoms with Gasteiger partial charge in [-0.1, -0.05) is 17.7 Å². The van der Waals surface area contributed by atoms with E-state index < -0.39 is 23.8 Å². The Morgan fingerprint density at radius 1 is 1.11 bits per heavy atom. The van der Waals surface area contributed by atoms with Crippen molar-refractivity contribution in [2.24, 2.45) is 10.7 Å². The molecule has 1 aromatic heterocycles. The Hall–Kier alpha value is -4.22. The third-order valence-electron chi connectivity index (χ3n) is 6.29. The maximum Gasteiger partial charge on any atom is 0.573 e. The zero-order chi connectivity index (χ0) is 27.8. The quantitative estimate of drug-likeness (QED) is 0.506. The number of urea groups is 1. The molecule has 0 radical (unpaired) electrons. The minimum absolute atomic E-state index is 0.0591. The number of nitrogens with two attached hydrogens (primary N) is 1. The van der Waals surface area contributed by atoms with Crippen molar-refractivity contribution in [3.05, 3.63) is 68.6 Å². The summed E-state index contributed by atoms with van der Waals surface area (Å²) >= 11 is 0. The molecule has 2 amide bonds. The van der Waals surface area contributed by atoms with Crippen molar-refractivity contribution in [1.29, 1.82) is 0 Å². The van der Waals surface area contributed by atoms with Gasteiger partial charge in [-0.3, -0.25) is 9.13 Å². The molecular weight excluding hydrogens is 503 g/mol. The summed E-state index contributed by atoms with van der Waals surface area (Å²) in [5, 5.41) is 2.47. The molecule has 12 heteroatoms. The van der Waals surface area contributed by atoms with Crippen molar-refractivity contribution in [3.8, 4) is 22.8 Å². The average Bonchev–Trinajstić information content (AvgIpc) is 2.81. The first-order valence-electron chi connectivity index (χ1n) is 11.9. The lowest BCUT2D eigenvalue weighted by atomic mass is 9.97. The Kier molecular flexibility index (Phi) is 7.25. The van der Waals surface area contributed by atoms with E-state index in [9.17, 15) is 22.8 Å². The van der Waals surface area contributed by atoms with Crippen molar-refractivity contribution in [2.75, 3.05) is 13.7 Å². The third-order valence-corrected chi connectivity index (χ3v) is 6.29. The number of rotatable bonds is 6. The van der Waals surface area contributed by atoms with Gasteiger partial charge in [0.1, 0.15) is 5.49 Å². The molecule has 0 atom stereocenters. The SMILES string of the molecule is COc1cc2c(cc1OC(F)(F)F)-c1cc(=Nc3c(C)cc(C)cc3C)n(CCNC(N)=O)c(=O)n1CC2. The molecule has 0 saturated carbocycles. The van der Waals surface area contributed by atoms with Gasteiger partial charge >= 0.3 is 18.1 Å². The largest absolute Gasteiger partial charge is 0.573 e.